The Morgan fingerprint density at radius 2 is 1.77 bits per heavy atom. The lowest BCUT2D eigenvalue weighted by Crippen LogP contribution is -2.31. The summed E-state index contributed by atoms with van der Waals surface area (Å²) in [5.74, 6) is -1.22. The molecule has 1 heterocycles. The van der Waals surface area contributed by atoms with Crippen molar-refractivity contribution in [2.75, 3.05) is 0 Å². The van der Waals surface area contributed by atoms with Crippen molar-refractivity contribution in [2.24, 2.45) is 0 Å². The number of hydrogen-bond acceptors (Lipinski definition) is 5. The Kier molecular flexibility index (Phi) is 5.15. The summed E-state index contributed by atoms with van der Waals surface area (Å²) in [5, 5.41) is 0.785. The van der Waals surface area contributed by atoms with Crippen LogP contribution in [0.5, 0.6) is 0 Å². The largest absolute Gasteiger partial charge is 0.274 e. The summed E-state index contributed by atoms with van der Waals surface area (Å²) in [5.41, 5.74) is 1.53. The second-order valence-electron chi connectivity index (χ2n) is 5.53. The van der Waals surface area contributed by atoms with Crippen LogP contribution >= 0.6 is 11.3 Å². The lowest BCUT2D eigenvalue weighted by atomic mass is 10.1. The van der Waals surface area contributed by atoms with E-state index in [9.17, 15) is 17.6 Å². The van der Waals surface area contributed by atoms with Gasteiger partial charge in [0.2, 0.25) is 5.91 Å². The number of halogens is 1. The number of nitrogens with one attached hydrogen (secondary N) is 1. The number of carbonyl (C=O) groups is 1. The Labute approximate surface area is 154 Å². The Balaban J connectivity index is 1.80. The fraction of sp³-hybridized carbons (Fsp3) is 0.111. The first-order valence-electron chi connectivity index (χ1n) is 7.68. The predicted molar refractivity (Wildman–Crippen MR) is 97.7 cm³/mol. The summed E-state index contributed by atoms with van der Waals surface area (Å²) < 4.78 is 39.4. The number of aromatic nitrogens is 1. The molecule has 0 aliphatic rings. The van der Waals surface area contributed by atoms with Crippen molar-refractivity contribution < 1.29 is 17.6 Å². The number of aryl methyl sites for hydroxylation is 1. The van der Waals surface area contributed by atoms with Crippen LogP contribution < -0.4 is 4.72 Å². The number of thiazole rings is 1. The minimum atomic E-state index is -4.05. The lowest BCUT2D eigenvalue weighted by molar-refractivity contribution is -0.118. The van der Waals surface area contributed by atoms with Crippen molar-refractivity contribution in [3.05, 3.63) is 70.3 Å². The Morgan fingerprint density at radius 1 is 1.12 bits per heavy atom. The molecule has 2 aromatic carbocycles. The number of amides is 1. The van der Waals surface area contributed by atoms with Gasteiger partial charge >= 0.3 is 0 Å². The lowest BCUT2D eigenvalue weighted by Gasteiger charge is -2.07. The Hall–Kier alpha value is -2.58. The molecule has 5 nitrogen and oxygen atoms in total. The van der Waals surface area contributed by atoms with E-state index in [1.165, 1.54) is 11.3 Å². The van der Waals surface area contributed by atoms with Crippen LogP contribution in [0, 0.1) is 12.7 Å². The molecular weight excluding hydrogens is 375 g/mol. The highest BCUT2D eigenvalue weighted by Gasteiger charge is 2.20. The second-order valence-corrected chi connectivity index (χ2v) is 8.50. The average molecular weight is 390 g/mol. The van der Waals surface area contributed by atoms with Crippen LogP contribution in [0.4, 0.5) is 4.39 Å². The maximum Gasteiger partial charge on any atom is 0.264 e. The van der Waals surface area contributed by atoms with E-state index >= 15 is 0 Å². The number of nitrogens with zero attached hydrogens (tertiary/aromatic N) is 1. The van der Waals surface area contributed by atoms with E-state index in [-0.39, 0.29) is 11.3 Å². The van der Waals surface area contributed by atoms with Gasteiger partial charge in [-0.05, 0) is 31.2 Å². The fourth-order valence-corrected chi connectivity index (χ4v) is 4.36. The molecular formula is C18H15FN2O3S2. The van der Waals surface area contributed by atoms with E-state index in [0.29, 0.717) is 10.6 Å². The van der Waals surface area contributed by atoms with Crippen LogP contribution in [0.25, 0.3) is 11.3 Å². The van der Waals surface area contributed by atoms with E-state index < -0.39 is 21.7 Å². The van der Waals surface area contributed by atoms with Gasteiger partial charge in [-0.25, -0.2) is 22.5 Å². The topological polar surface area (TPSA) is 76.1 Å². The third-order valence-electron chi connectivity index (χ3n) is 3.54. The van der Waals surface area contributed by atoms with Crippen molar-refractivity contribution in [3.8, 4) is 11.3 Å². The van der Waals surface area contributed by atoms with Crippen LogP contribution in [0.2, 0.25) is 0 Å². The molecule has 3 rings (SSSR count). The first-order valence-corrected chi connectivity index (χ1v) is 9.98. The first-order chi connectivity index (χ1) is 12.3. The fourth-order valence-electron chi connectivity index (χ4n) is 2.42. The summed E-state index contributed by atoms with van der Waals surface area (Å²) >= 11 is 1.34. The van der Waals surface area contributed by atoms with Gasteiger partial charge in [0.1, 0.15) is 5.82 Å². The molecule has 1 N–H and O–H groups in total. The van der Waals surface area contributed by atoms with Gasteiger partial charge in [0.05, 0.1) is 22.0 Å². The molecule has 3 aromatic rings. The SMILES string of the molecule is Cc1nc(-c2ccccc2)c(CC(=O)NS(=O)(=O)c2ccc(F)cc2)s1. The van der Waals surface area contributed by atoms with E-state index in [2.05, 4.69) is 4.98 Å². The van der Waals surface area contributed by atoms with Crippen molar-refractivity contribution >= 4 is 27.3 Å². The molecule has 0 atom stereocenters. The zero-order chi connectivity index (χ0) is 18.7. The molecule has 1 aromatic heterocycles. The highest BCUT2D eigenvalue weighted by molar-refractivity contribution is 7.90. The van der Waals surface area contributed by atoms with Gasteiger partial charge < -0.3 is 0 Å². The normalized spacial score (nSPS) is 11.3. The van der Waals surface area contributed by atoms with Gasteiger partial charge in [0, 0.05) is 10.4 Å². The molecule has 8 heteroatoms. The maximum atomic E-state index is 12.9. The molecule has 0 bridgehead atoms. The quantitative estimate of drug-likeness (QED) is 0.725. The molecule has 134 valence electrons. The van der Waals surface area contributed by atoms with E-state index in [1.807, 2.05) is 42.0 Å². The average Bonchev–Trinajstić information content (AvgIpc) is 2.95. The molecule has 0 saturated carbocycles. The molecule has 0 fully saturated rings. The molecule has 0 radical (unpaired) electrons. The van der Waals surface area contributed by atoms with Crippen LogP contribution in [0.15, 0.2) is 59.5 Å². The van der Waals surface area contributed by atoms with E-state index in [1.54, 1.807) is 0 Å². The molecule has 0 aliphatic heterocycles. The first kappa shape index (κ1) is 18.2. The van der Waals surface area contributed by atoms with E-state index in [0.717, 1.165) is 34.8 Å². The van der Waals surface area contributed by atoms with Gasteiger partial charge in [-0.3, -0.25) is 4.79 Å². The van der Waals surface area contributed by atoms with Gasteiger partial charge in [-0.2, -0.15) is 0 Å². The third-order valence-corrected chi connectivity index (χ3v) is 5.90. The zero-order valence-corrected chi connectivity index (χ0v) is 15.4. The van der Waals surface area contributed by atoms with Crippen LogP contribution in [0.1, 0.15) is 9.88 Å². The summed E-state index contributed by atoms with van der Waals surface area (Å²) in [6.45, 7) is 1.83. The molecule has 26 heavy (non-hydrogen) atoms. The minimum Gasteiger partial charge on any atom is -0.274 e. The summed E-state index contributed by atoms with van der Waals surface area (Å²) in [6, 6.07) is 13.6. The van der Waals surface area contributed by atoms with Crippen molar-refractivity contribution in [3.63, 3.8) is 0 Å². The Morgan fingerprint density at radius 3 is 2.42 bits per heavy atom. The summed E-state index contributed by atoms with van der Waals surface area (Å²) in [6.07, 6.45) is -0.115. The maximum absolute atomic E-state index is 12.9. The Bertz CT molecular complexity index is 1030. The van der Waals surface area contributed by atoms with Crippen molar-refractivity contribution in [1.82, 2.24) is 9.71 Å². The van der Waals surface area contributed by atoms with Crippen LogP contribution in [-0.2, 0) is 21.2 Å². The number of hydrogen-bond donors (Lipinski definition) is 1. The number of rotatable bonds is 5. The summed E-state index contributed by atoms with van der Waals surface area (Å²) in [4.78, 5) is 17.2. The van der Waals surface area contributed by atoms with Gasteiger partial charge in [-0.1, -0.05) is 30.3 Å². The molecule has 1 amide bonds. The minimum absolute atomic E-state index is 0.115. The van der Waals surface area contributed by atoms with Crippen LogP contribution in [0.3, 0.4) is 0 Å². The molecule has 0 saturated heterocycles. The highest BCUT2D eigenvalue weighted by atomic mass is 32.2. The number of carbonyl (C=O) groups excluding carboxylic acids is 1. The third kappa shape index (κ3) is 4.14. The second kappa shape index (κ2) is 7.35. The molecule has 0 aliphatic carbocycles. The van der Waals surface area contributed by atoms with Gasteiger partial charge in [0.15, 0.2) is 0 Å². The van der Waals surface area contributed by atoms with E-state index in [4.69, 9.17) is 0 Å². The van der Waals surface area contributed by atoms with Gasteiger partial charge in [0.25, 0.3) is 10.0 Å². The number of benzene rings is 2. The predicted octanol–water partition coefficient (Wildman–Crippen LogP) is 3.31. The molecule has 0 spiro atoms. The smallest absolute Gasteiger partial charge is 0.264 e. The zero-order valence-electron chi connectivity index (χ0n) is 13.8. The van der Waals surface area contributed by atoms with Crippen molar-refractivity contribution in [2.45, 2.75) is 18.2 Å². The highest BCUT2D eigenvalue weighted by Crippen LogP contribution is 2.28. The van der Waals surface area contributed by atoms with Crippen LogP contribution in [-0.4, -0.2) is 19.3 Å². The number of sulfonamides is 1. The standard InChI is InChI=1S/C18H15FN2O3S2/c1-12-20-18(13-5-3-2-4-6-13)16(25-12)11-17(22)21-26(23,24)15-9-7-14(19)8-10-15/h2-10H,11H2,1H3,(H,21,22). The van der Waals surface area contributed by atoms with Crippen molar-refractivity contribution in [1.29, 1.82) is 0 Å². The monoisotopic (exact) mass is 390 g/mol. The molecule has 0 unspecified atom stereocenters. The van der Waals surface area contributed by atoms with Gasteiger partial charge in [-0.15, -0.1) is 11.3 Å². The summed E-state index contributed by atoms with van der Waals surface area (Å²) in [7, 11) is -4.05.